The van der Waals surface area contributed by atoms with Gasteiger partial charge in [-0.25, -0.2) is 4.98 Å². The zero-order valence-corrected chi connectivity index (χ0v) is 13.3. The lowest BCUT2D eigenvalue weighted by atomic mass is 10.0. The highest BCUT2D eigenvalue weighted by Crippen LogP contribution is 2.31. The maximum atomic E-state index is 10.8. The van der Waals surface area contributed by atoms with E-state index in [0.717, 1.165) is 12.8 Å². The normalized spacial score (nSPS) is 13.9. The Kier molecular flexibility index (Phi) is 5.72. The Hall–Kier alpha value is -1.17. The van der Waals surface area contributed by atoms with E-state index in [1.807, 2.05) is 0 Å². The van der Waals surface area contributed by atoms with Crippen LogP contribution in [0.25, 0.3) is 0 Å². The summed E-state index contributed by atoms with van der Waals surface area (Å²) >= 11 is 3.38. The van der Waals surface area contributed by atoms with Gasteiger partial charge in [-0.05, 0) is 42.1 Å². The van der Waals surface area contributed by atoms with Gasteiger partial charge in [0.2, 0.25) is 0 Å². The van der Waals surface area contributed by atoms with Crippen LogP contribution in [0.4, 0.5) is 11.5 Å². The topological polar surface area (TPSA) is 68.1 Å². The molecule has 19 heavy (non-hydrogen) atoms. The van der Waals surface area contributed by atoms with E-state index >= 15 is 0 Å². The molecule has 0 fully saturated rings. The second-order valence-corrected chi connectivity index (χ2v) is 5.78. The van der Waals surface area contributed by atoms with E-state index < -0.39 is 4.92 Å². The van der Waals surface area contributed by atoms with Gasteiger partial charge in [-0.15, -0.1) is 0 Å². The van der Waals surface area contributed by atoms with Crippen LogP contribution in [0, 0.1) is 23.0 Å². The van der Waals surface area contributed by atoms with Crippen LogP contribution in [0.1, 0.15) is 39.2 Å². The van der Waals surface area contributed by atoms with Crippen molar-refractivity contribution in [2.75, 3.05) is 5.32 Å². The Labute approximate surface area is 122 Å². The third-order valence-corrected chi connectivity index (χ3v) is 4.24. The maximum Gasteiger partial charge on any atom is 0.291 e. The second-order valence-electron chi connectivity index (χ2n) is 4.98. The van der Waals surface area contributed by atoms with Crippen molar-refractivity contribution >= 4 is 27.4 Å². The first-order chi connectivity index (χ1) is 8.86. The Bertz CT molecular complexity index is 465. The first-order valence-corrected chi connectivity index (χ1v) is 7.22. The molecule has 0 aliphatic heterocycles. The molecule has 0 aromatic carbocycles. The molecule has 0 aliphatic carbocycles. The predicted molar refractivity (Wildman–Crippen MR) is 80.5 cm³/mol. The van der Waals surface area contributed by atoms with E-state index in [9.17, 15) is 10.1 Å². The number of hydrogen-bond acceptors (Lipinski definition) is 4. The molecule has 0 radical (unpaired) electrons. The minimum atomic E-state index is -0.417. The number of nitrogens with one attached hydrogen (secondary N) is 1. The summed E-state index contributed by atoms with van der Waals surface area (Å²) in [5.74, 6) is 1.30. The van der Waals surface area contributed by atoms with Crippen molar-refractivity contribution in [1.82, 2.24) is 4.98 Å². The van der Waals surface area contributed by atoms with E-state index in [4.69, 9.17) is 0 Å². The molecular formula is C13H20BrN3O2. The van der Waals surface area contributed by atoms with Crippen molar-refractivity contribution in [3.8, 4) is 0 Å². The number of nitrogens with zero attached hydrogens (tertiary/aromatic N) is 2. The second kappa shape index (κ2) is 6.84. The molecule has 1 aromatic rings. The Morgan fingerprint density at radius 1 is 1.53 bits per heavy atom. The van der Waals surface area contributed by atoms with Crippen LogP contribution in [-0.2, 0) is 0 Å². The lowest BCUT2D eigenvalue weighted by Gasteiger charge is -2.19. The minimum absolute atomic E-state index is 0.0343. The summed E-state index contributed by atoms with van der Waals surface area (Å²) in [7, 11) is 0. The Morgan fingerprint density at radius 2 is 2.16 bits per heavy atom. The fourth-order valence-corrected chi connectivity index (χ4v) is 2.34. The molecule has 6 heteroatoms. The number of pyridine rings is 1. The molecule has 0 spiro atoms. The Morgan fingerprint density at radius 3 is 2.68 bits per heavy atom. The van der Waals surface area contributed by atoms with E-state index in [2.05, 4.69) is 47.0 Å². The first-order valence-electron chi connectivity index (χ1n) is 6.42. The molecule has 0 saturated heterocycles. The number of rotatable bonds is 6. The van der Waals surface area contributed by atoms with Gasteiger partial charge in [-0.3, -0.25) is 10.1 Å². The number of hydrogen-bond donors (Lipinski definition) is 1. The summed E-state index contributed by atoms with van der Waals surface area (Å²) in [6, 6.07) is 0.277. The quantitative estimate of drug-likeness (QED) is 0.624. The molecule has 0 aliphatic rings. The monoisotopic (exact) mass is 329 g/mol. The number of halogens is 1. The van der Waals surface area contributed by atoms with Gasteiger partial charge in [-0.1, -0.05) is 20.3 Å². The predicted octanol–water partition coefficient (Wildman–Crippen LogP) is 4.30. The van der Waals surface area contributed by atoms with Crippen LogP contribution in [0.5, 0.6) is 0 Å². The van der Waals surface area contributed by atoms with Gasteiger partial charge in [0.15, 0.2) is 0 Å². The maximum absolute atomic E-state index is 10.8. The summed E-state index contributed by atoms with van der Waals surface area (Å²) in [6.07, 6.45) is 3.49. The van der Waals surface area contributed by atoms with Gasteiger partial charge in [0.05, 0.1) is 9.40 Å². The molecule has 1 aromatic heterocycles. The van der Waals surface area contributed by atoms with Crippen molar-refractivity contribution < 1.29 is 4.92 Å². The van der Waals surface area contributed by atoms with Gasteiger partial charge in [0.25, 0.3) is 5.69 Å². The lowest BCUT2D eigenvalue weighted by Crippen LogP contribution is -2.19. The van der Waals surface area contributed by atoms with Crippen LogP contribution in [0.2, 0.25) is 0 Å². The van der Waals surface area contributed by atoms with Crippen LogP contribution in [0.3, 0.4) is 0 Å². The highest BCUT2D eigenvalue weighted by Gasteiger charge is 2.18. The number of aromatic nitrogens is 1. The van der Waals surface area contributed by atoms with Gasteiger partial charge in [0, 0.05) is 11.6 Å². The SMILES string of the molecule is CCC(C)CC(C)Nc1ncc([N+](=O)[O-])c(C)c1Br. The molecular weight excluding hydrogens is 310 g/mol. The van der Waals surface area contributed by atoms with Crippen LogP contribution < -0.4 is 5.32 Å². The van der Waals surface area contributed by atoms with Gasteiger partial charge >= 0.3 is 0 Å². The molecule has 2 unspecified atom stereocenters. The summed E-state index contributed by atoms with van der Waals surface area (Å²) in [5.41, 5.74) is 0.630. The molecule has 0 bridgehead atoms. The van der Waals surface area contributed by atoms with Crippen molar-refractivity contribution in [3.05, 3.63) is 26.3 Å². The summed E-state index contributed by atoms with van der Waals surface area (Å²) < 4.78 is 0.665. The van der Waals surface area contributed by atoms with Gasteiger partial charge in [0.1, 0.15) is 12.0 Å². The van der Waals surface area contributed by atoms with Crippen molar-refractivity contribution in [1.29, 1.82) is 0 Å². The fraction of sp³-hybridized carbons (Fsp3) is 0.615. The summed E-state index contributed by atoms with van der Waals surface area (Å²) in [6.45, 7) is 8.19. The smallest absolute Gasteiger partial charge is 0.291 e. The Balaban J connectivity index is 2.86. The zero-order chi connectivity index (χ0) is 14.6. The summed E-state index contributed by atoms with van der Waals surface area (Å²) in [4.78, 5) is 14.5. The molecule has 1 rings (SSSR count). The van der Waals surface area contributed by atoms with Crippen LogP contribution in [-0.4, -0.2) is 15.9 Å². The fourth-order valence-electron chi connectivity index (χ4n) is 1.92. The first kappa shape index (κ1) is 15.9. The highest BCUT2D eigenvalue weighted by atomic mass is 79.9. The van der Waals surface area contributed by atoms with E-state index in [-0.39, 0.29) is 11.7 Å². The van der Waals surface area contributed by atoms with E-state index in [1.165, 1.54) is 6.20 Å². The minimum Gasteiger partial charge on any atom is -0.367 e. The molecule has 5 nitrogen and oxygen atoms in total. The van der Waals surface area contributed by atoms with Crippen molar-refractivity contribution in [2.24, 2.45) is 5.92 Å². The van der Waals surface area contributed by atoms with Crippen molar-refractivity contribution in [3.63, 3.8) is 0 Å². The zero-order valence-electron chi connectivity index (χ0n) is 11.7. The molecule has 0 saturated carbocycles. The highest BCUT2D eigenvalue weighted by molar-refractivity contribution is 9.10. The average Bonchev–Trinajstić information content (AvgIpc) is 2.34. The molecule has 2 atom stereocenters. The third-order valence-electron chi connectivity index (χ3n) is 3.27. The molecule has 1 heterocycles. The summed E-state index contributed by atoms with van der Waals surface area (Å²) in [5, 5.41) is 14.1. The average molecular weight is 330 g/mol. The van der Waals surface area contributed by atoms with Crippen LogP contribution >= 0.6 is 15.9 Å². The van der Waals surface area contributed by atoms with Gasteiger partial charge < -0.3 is 5.32 Å². The number of anilines is 1. The van der Waals surface area contributed by atoms with Crippen molar-refractivity contribution in [2.45, 2.75) is 46.6 Å². The molecule has 0 amide bonds. The molecule has 1 N–H and O–H groups in total. The largest absolute Gasteiger partial charge is 0.367 e. The van der Waals surface area contributed by atoms with E-state index in [1.54, 1.807) is 6.92 Å². The molecule has 106 valence electrons. The van der Waals surface area contributed by atoms with Crippen LogP contribution in [0.15, 0.2) is 10.7 Å². The van der Waals surface area contributed by atoms with Gasteiger partial charge in [-0.2, -0.15) is 0 Å². The third kappa shape index (κ3) is 4.16. The lowest BCUT2D eigenvalue weighted by molar-refractivity contribution is -0.385. The number of nitro groups is 1. The van der Waals surface area contributed by atoms with E-state index in [0.29, 0.717) is 21.8 Å². The standard InChI is InChI=1S/C13H20BrN3O2/c1-5-8(2)6-9(3)16-13-12(14)10(4)11(7-15-13)17(18)19/h7-9H,5-6H2,1-4H3,(H,15,16).